The lowest BCUT2D eigenvalue weighted by Gasteiger charge is -2.28. The molecule has 1 fully saturated rings. The minimum Gasteiger partial charge on any atom is -0.482 e. The van der Waals surface area contributed by atoms with Gasteiger partial charge in [-0.3, -0.25) is 9.59 Å². The van der Waals surface area contributed by atoms with Crippen LogP contribution in [0, 0.1) is 0 Å². The number of morpholine rings is 1. The fourth-order valence-electron chi connectivity index (χ4n) is 3.03. The lowest BCUT2D eigenvalue weighted by atomic mass is 10.1. The van der Waals surface area contributed by atoms with E-state index in [4.69, 9.17) is 14.2 Å². The molecule has 0 aliphatic carbocycles. The molecule has 31 heavy (non-hydrogen) atoms. The second-order valence-corrected chi connectivity index (χ2v) is 7.14. The van der Waals surface area contributed by atoms with Crippen LogP contribution in [-0.2, 0) is 19.1 Å². The van der Waals surface area contributed by atoms with Crippen molar-refractivity contribution in [1.82, 2.24) is 0 Å². The Hall–Kier alpha value is -3.39. The number of anilines is 2. The van der Waals surface area contributed by atoms with Crippen LogP contribution in [0.5, 0.6) is 5.75 Å². The summed E-state index contributed by atoms with van der Waals surface area (Å²) >= 11 is 0. The molecule has 0 saturated carbocycles. The smallest absolute Gasteiger partial charge is 0.344 e. The highest BCUT2D eigenvalue weighted by Crippen LogP contribution is 2.19. The summed E-state index contributed by atoms with van der Waals surface area (Å²) in [5.41, 5.74) is 2.24. The van der Waals surface area contributed by atoms with Crippen LogP contribution in [0.1, 0.15) is 24.2 Å². The number of rotatable bonds is 8. The molecule has 2 aromatic carbocycles. The second-order valence-electron chi connectivity index (χ2n) is 7.14. The third-order valence-corrected chi connectivity index (χ3v) is 4.81. The van der Waals surface area contributed by atoms with Crippen molar-refractivity contribution in [3.05, 3.63) is 54.1 Å². The Morgan fingerprint density at radius 3 is 2.29 bits per heavy atom. The van der Waals surface area contributed by atoms with Gasteiger partial charge in [0.2, 0.25) is 0 Å². The molecule has 0 aromatic heterocycles. The topological polar surface area (TPSA) is 94.2 Å². The molecule has 1 N–H and O–H groups in total. The predicted octanol–water partition coefficient (Wildman–Crippen LogP) is 2.68. The summed E-state index contributed by atoms with van der Waals surface area (Å²) in [5.74, 6) is -0.722. The third-order valence-electron chi connectivity index (χ3n) is 4.81. The molecule has 1 atom stereocenters. The number of benzene rings is 2. The fraction of sp³-hybridized carbons (Fsp3) is 0.348. The second kappa shape index (κ2) is 10.6. The normalized spacial score (nSPS) is 14.5. The highest BCUT2D eigenvalue weighted by atomic mass is 16.6. The van der Waals surface area contributed by atoms with E-state index in [0.29, 0.717) is 30.2 Å². The zero-order valence-electron chi connectivity index (χ0n) is 17.6. The monoisotopic (exact) mass is 426 g/mol. The van der Waals surface area contributed by atoms with E-state index in [1.54, 1.807) is 24.3 Å². The fourth-order valence-corrected chi connectivity index (χ4v) is 3.03. The quantitative estimate of drug-likeness (QED) is 0.512. The Morgan fingerprint density at radius 2 is 1.68 bits per heavy atom. The van der Waals surface area contributed by atoms with E-state index in [2.05, 4.69) is 10.2 Å². The van der Waals surface area contributed by atoms with Gasteiger partial charge in [-0.2, -0.15) is 0 Å². The van der Waals surface area contributed by atoms with Gasteiger partial charge in [0.25, 0.3) is 5.91 Å². The molecule has 1 unspecified atom stereocenters. The van der Waals surface area contributed by atoms with E-state index in [9.17, 15) is 14.4 Å². The highest BCUT2D eigenvalue weighted by molar-refractivity contribution is 5.95. The summed E-state index contributed by atoms with van der Waals surface area (Å²) < 4.78 is 15.8. The van der Waals surface area contributed by atoms with Crippen LogP contribution in [0.25, 0.3) is 0 Å². The van der Waals surface area contributed by atoms with Crippen molar-refractivity contribution >= 4 is 29.0 Å². The number of carbonyl (C=O) groups excluding carboxylic acids is 3. The molecule has 1 aliphatic rings. The zero-order chi connectivity index (χ0) is 22.2. The van der Waals surface area contributed by atoms with Gasteiger partial charge in [0.15, 0.2) is 18.5 Å². The Morgan fingerprint density at radius 1 is 1.03 bits per heavy atom. The first-order valence-electron chi connectivity index (χ1n) is 10.1. The van der Waals surface area contributed by atoms with Crippen LogP contribution in [0.2, 0.25) is 0 Å². The Balaban J connectivity index is 1.44. The van der Waals surface area contributed by atoms with Gasteiger partial charge < -0.3 is 24.4 Å². The highest BCUT2D eigenvalue weighted by Gasteiger charge is 2.19. The van der Waals surface area contributed by atoms with Crippen molar-refractivity contribution in [2.45, 2.75) is 20.0 Å². The SMILES string of the molecule is CC(=O)c1ccc(OCC(=O)OC(C)C(=O)Nc2ccc(N3CCOCC3)cc2)cc1. The molecular formula is C23H26N2O6. The van der Waals surface area contributed by atoms with Crippen molar-refractivity contribution in [2.24, 2.45) is 0 Å². The van der Waals surface area contributed by atoms with Crippen molar-refractivity contribution in [1.29, 1.82) is 0 Å². The minimum atomic E-state index is -0.977. The molecule has 0 bridgehead atoms. The van der Waals surface area contributed by atoms with Crippen LogP contribution in [0.15, 0.2) is 48.5 Å². The van der Waals surface area contributed by atoms with Crippen molar-refractivity contribution in [3.8, 4) is 5.75 Å². The molecule has 8 nitrogen and oxygen atoms in total. The summed E-state index contributed by atoms with van der Waals surface area (Å²) in [6.45, 7) is 5.70. The maximum absolute atomic E-state index is 12.3. The number of ketones is 1. The Bertz CT molecular complexity index is 905. The molecule has 1 aliphatic heterocycles. The molecule has 164 valence electrons. The molecule has 1 amide bonds. The van der Waals surface area contributed by atoms with Gasteiger partial charge >= 0.3 is 5.97 Å². The first-order chi connectivity index (χ1) is 14.9. The summed E-state index contributed by atoms with van der Waals surface area (Å²) in [6, 6.07) is 13.9. The Kier molecular flexibility index (Phi) is 7.61. The number of hydrogen-bond donors (Lipinski definition) is 1. The van der Waals surface area contributed by atoms with Crippen LogP contribution >= 0.6 is 0 Å². The summed E-state index contributed by atoms with van der Waals surface area (Å²) in [6.07, 6.45) is -0.977. The molecule has 2 aromatic rings. The lowest BCUT2D eigenvalue weighted by Crippen LogP contribution is -2.36. The molecule has 0 radical (unpaired) electrons. The number of Topliss-reactive ketones (excluding diaryl/α,β-unsaturated/α-hetero) is 1. The van der Waals surface area contributed by atoms with E-state index in [-0.39, 0.29) is 12.4 Å². The van der Waals surface area contributed by atoms with Gasteiger partial charge in [-0.05, 0) is 62.4 Å². The summed E-state index contributed by atoms with van der Waals surface area (Å²) in [7, 11) is 0. The van der Waals surface area contributed by atoms with Crippen LogP contribution in [0.4, 0.5) is 11.4 Å². The van der Waals surface area contributed by atoms with Gasteiger partial charge in [-0.25, -0.2) is 4.79 Å². The molecule has 3 rings (SSSR count). The maximum Gasteiger partial charge on any atom is 0.344 e. The average Bonchev–Trinajstić information content (AvgIpc) is 2.79. The van der Waals surface area contributed by atoms with Gasteiger partial charge in [0.1, 0.15) is 5.75 Å². The van der Waals surface area contributed by atoms with Crippen LogP contribution in [0.3, 0.4) is 0 Å². The van der Waals surface area contributed by atoms with E-state index in [1.807, 2.05) is 24.3 Å². The number of amides is 1. The van der Waals surface area contributed by atoms with Gasteiger partial charge in [0, 0.05) is 30.0 Å². The summed E-state index contributed by atoms with van der Waals surface area (Å²) in [4.78, 5) is 37.8. The van der Waals surface area contributed by atoms with Gasteiger partial charge in [-0.15, -0.1) is 0 Å². The molecule has 1 heterocycles. The largest absolute Gasteiger partial charge is 0.482 e. The standard InChI is InChI=1S/C23H26N2O6/c1-16(26)18-3-9-21(10-4-18)30-15-22(27)31-17(2)23(28)24-19-5-7-20(8-6-19)25-11-13-29-14-12-25/h3-10,17H,11-15H2,1-2H3,(H,24,28). The molecule has 0 spiro atoms. The van der Waals surface area contributed by atoms with E-state index >= 15 is 0 Å². The third kappa shape index (κ3) is 6.55. The van der Waals surface area contributed by atoms with Crippen LogP contribution < -0.4 is 15.0 Å². The molecule has 8 heteroatoms. The van der Waals surface area contributed by atoms with Gasteiger partial charge in [-0.1, -0.05) is 0 Å². The molecule has 1 saturated heterocycles. The average molecular weight is 426 g/mol. The van der Waals surface area contributed by atoms with Gasteiger partial charge in [0.05, 0.1) is 13.2 Å². The number of hydrogen-bond acceptors (Lipinski definition) is 7. The number of esters is 1. The Labute approximate surface area is 181 Å². The first kappa shape index (κ1) is 22.3. The van der Waals surface area contributed by atoms with Crippen molar-refractivity contribution < 1.29 is 28.6 Å². The van der Waals surface area contributed by atoms with E-state index in [1.165, 1.54) is 13.8 Å². The lowest BCUT2D eigenvalue weighted by molar-refractivity contribution is -0.155. The van der Waals surface area contributed by atoms with Crippen molar-refractivity contribution in [3.63, 3.8) is 0 Å². The number of nitrogens with one attached hydrogen (secondary N) is 1. The number of ether oxygens (including phenoxy) is 3. The minimum absolute atomic E-state index is 0.0541. The van der Waals surface area contributed by atoms with Crippen molar-refractivity contribution in [2.75, 3.05) is 43.1 Å². The number of nitrogens with zero attached hydrogens (tertiary/aromatic N) is 1. The van der Waals surface area contributed by atoms with E-state index in [0.717, 1.165) is 18.8 Å². The maximum atomic E-state index is 12.3. The zero-order valence-corrected chi connectivity index (χ0v) is 17.6. The van der Waals surface area contributed by atoms with E-state index < -0.39 is 18.0 Å². The predicted molar refractivity (Wildman–Crippen MR) is 116 cm³/mol. The molecular weight excluding hydrogens is 400 g/mol. The first-order valence-corrected chi connectivity index (χ1v) is 10.1. The van der Waals surface area contributed by atoms with Crippen LogP contribution in [-0.4, -0.2) is 56.7 Å². The summed E-state index contributed by atoms with van der Waals surface area (Å²) in [5, 5.41) is 2.74. The number of carbonyl (C=O) groups is 3.